The summed E-state index contributed by atoms with van der Waals surface area (Å²) >= 11 is 0. The van der Waals surface area contributed by atoms with Gasteiger partial charge in [0, 0.05) is 12.1 Å². The van der Waals surface area contributed by atoms with E-state index < -0.39 is 0 Å². The lowest BCUT2D eigenvalue weighted by molar-refractivity contribution is 0.198. The Kier molecular flexibility index (Phi) is 4.79. The minimum absolute atomic E-state index is 0.00213. The fourth-order valence-corrected chi connectivity index (χ4v) is 3.17. The number of fused-ring (bicyclic) bond motifs is 1. The topological polar surface area (TPSA) is 32.3 Å². The molecular weight excluding hydrogens is 222 g/mol. The Morgan fingerprint density at radius 2 is 2.11 bits per heavy atom. The third-order valence-corrected chi connectivity index (χ3v) is 4.08. The van der Waals surface area contributed by atoms with Crippen LogP contribution in [0, 0.1) is 0 Å². The third-order valence-electron chi connectivity index (χ3n) is 4.08. The molecule has 0 spiro atoms. The second-order valence-corrected chi connectivity index (χ2v) is 5.35. The zero-order valence-corrected chi connectivity index (χ0v) is 11.4. The lowest BCUT2D eigenvalue weighted by Crippen LogP contribution is -2.43. The number of aliphatic hydroxyl groups is 1. The van der Waals surface area contributed by atoms with Crippen LogP contribution in [-0.2, 0) is 12.0 Å². The number of hydrogen-bond donors (Lipinski definition) is 2. The summed E-state index contributed by atoms with van der Waals surface area (Å²) in [7, 11) is 0. The first-order valence-corrected chi connectivity index (χ1v) is 7.26. The molecule has 1 aromatic carbocycles. The number of aliphatic hydroxyl groups excluding tert-OH is 1. The largest absolute Gasteiger partial charge is 0.396 e. The van der Waals surface area contributed by atoms with Crippen LogP contribution in [0.1, 0.15) is 50.2 Å². The van der Waals surface area contributed by atoms with Gasteiger partial charge in [-0.15, -0.1) is 0 Å². The maximum absolute atomic E-state index is 9.46. The Morgan fingerprint density at radius 3 is 2.89 bits per heavy atom. The van der Waals surface area contributed by atoms with Gasteiger partial charge < -0.3 is 10.4 Å². The summed E-state index contributed by atoms with van der Waals surface area (Å²) in [6, 6.07) is 8.76. The van der Waals surface area contributed by atoms with Gasteiger partial charge in [0.05, 0.1) is 0 Å². The highest BCUT2D eigenvalue weighted by Crippen LogP contribution is 2.36. The molecule has 0 aromatic heterocycles. The Hall–Kier alpha value is -0.860. The molecule has 1 aromatic rings. The van der Waals surface area contributed by atoms with Gasteiger partial charge in [0.1, 0.15) is 0 Å². The minimum Gasteiger partial charge on any atom is -0.396 e. The predicted octanol–water partition coefficient (Wildman–Crippen LogP) is 2.99. The molecule has 2 nitrogen and oxygen atoms in total. The van der Waals surface area contributed by atoms with E-state index in [0.717, 1.165) is 25.8 Å². The van der Waals surface area contributed by atoms with Crippen LogP contribution in [0.4, 0.5) is 0 Å². The summed E-state index contributed by atoms with van der Waals surface area (Å²) in [6.45, 7) is 3.47. The molecule has 1 aliphatic carbocycles. The van der Waals surface area contributed by atoms with E-state index in [1.807, 2.05) is 0 Å². The normalized spacial score (nSPS) is 23.4. The van der Waals surface area contributed by atoms with Crippen LogP contribution in [0.25, 0.3) is 0 Å². The van der Waals surface area contributed by atoms with E-state index in [4.69, 9.17) is 0 Å². The van der Waals surface area contributed by atoms with Gasteiger partial charge in [0.25, 0.3) is 0 Å². The van der Waals surface area contributed by atoms with Gasteiger partial charge in [-0.3, -0.25) is 0 Å². The maximum atomic E-state index is 9.46. The summed E-state index contributed by atoms with van der Waals surface area (Å²) in [4.78, 5) is 0. The Balaban J connectivity index is 2.36. The highest BCUT2D eigenvalue weighted by molar-refractivity contribution is 5.35. The Labute approximate surface area is 110 Å². The number of hydrogen-bond acceptors (Lipinski definition) is 2. The summed E-state index contributed by atoms with van der Waals surface area (Å²) in [5, 5.41) is 13.2. The van der Waals surface area contributed by atoms with E-state index in [0.29, 0.717) is 0 Å². The van der Waals surface area contributed by atoms with Crippen LogP contribution in [0.5, 0.6) is 0 Å². The van der Waals surface area contributed by atoms with Crippen molar-refractivity contribution in [3.63, 3.8) is 0 Å². The zero-order chi connectivity index (χ0) is 12.8. The van der Waals surface area contributed by atoms with Crippen LogP contribution < -0.4 is 5.32 Å². The summed E-state index contributed by atoms with van der Waals surface area (Å²) in [5.74, 6) is 0. The molecule has 1 aliphatic rings. The lowest BCUT2D eigenvalue weighted by Gasteiger charge is -2.35. The number of aryl methyl sites for hydroxylation is 1. The second kappa shape index (κ2) is 6.35. The van der Waals surface area contributed by atoms with Gasteiger partial charge in [0.15, 0.2) is 0 Å². The van der Waals surface area contributed by atoms with Gasteiger partial charge in [-0.25, -0.2) is 0 Å². The van der Waals surface area contributed by atoms with Gasteiger partial charge in [0.2, 0.25) is 0 Å². The standard InChI is InChI=1S/C16H25NO/c1-2-12-17-16(11-13-18)10-6-5-8-14-7-3-4-9-15(14)16/h3-4,7,9,17-18H,2,5-6,8,10-13H2,1H3. The average Bonchev–Trinajstić information content (AvgIpc) is 2.58. The highest BCUT2D eigenvalue weighted by Gasteiger charge is 2.33. The SMILES string of the molecule is CCCNC1(CCO)CCCCc2ccccc21. The van der Waals surface area contributed by atoms with Crippen molar-refractivity contribution >= 4 is 0 Å². The molecule has 0 aliphatic heterocycles. The zero-order valence-electron chi connectivity index (χ0n) is 11.4. The maximum Gasteiger partial charge on any atom is 0.0459 e. The van der Waals surface area contributed by atoms with E-state index in [-0.39, 0.29) is 12.1 Å². The molecule has 0 bridgehead atoms. The van der Waals surface area contributed by atoms with Crippen molar-refractivity contribution < 1.29 is 5.11 Å². The molecular formula is C16H25NO. The van der Waals surface area contributed by atoms with E-state index in [1.165, 1.54) is 30.4 Å². The third kappa shape index (κ3) is 2.76. The lowest BCUT2D eigenvalue weighted by atomic mass is 9.81. The number of rotatable bonds is 5. The molecule has 0 amide bonds. The molecule has 0 fully saturated rings. The molecule has 2 N–H and O–H groups in total. The quantitative estimate of drug-likeness (QED) is 0.784. The smallest absolute Gasteiger partial charge is 0.0459 e. The van der Waals surface area contributed by atoms with Crippen LogP contribution in [0.2, 0.25) is 0 Å². The minimum atomic E-state index is -0.00213. The molecule has 0 radical (unpaired) electrons. The van der Waals surface area contributed by atoms with Gasteiger partial charge in [-0.05, 0) is 49.8 Å². The van der Waals surface area contributed by atoms with Crippen molar-refractivity contribution in [2.75, 3.05) is 13.2 Å². The first-order valence-electron chi connectivity index (χ1n) is 7.26. The van der Waals surface area contributed by atoms with Gasteiger partial charge in [-0.2, -0.15) is 0 Å². The molecule has 1 atom stereocenters. The average molecular weight is 247 g/mol. The molecule has 2 heteroatoms. The molecule has 0 heterocycles. The van der Waals surface area contributed by atoms with Crippen LogP contribution in [0.15, 0.2) is 24.3 Å². The molecule has 2 rings (SSSR count). The predicted molar refractivity (Wildman–Crippen MR) is 75.7 cm³/mol. The van der Waals surface area contributed by atoms with Crippen molar-refractivity contribution in [3.05, 3.63) is 35.4 Å². The van der Waals surface area contributed by atoms with E-state index in [1.54, 1.807) is 0 Å². The van der Waals surface area contributed by atoms with Crippen molar-refractivity contribution in [1.82, 2.24) is 5.32 Å². The molecule has 0 saturated heterocycles. The summed E-state index contributed by atoms with van der Waals surface area (Å²) < 4.78 is 0. The van der Waals surface area contributed by atoms with Gasteiger partial charge in [-0.1, -0.05) is 37.6 Å². The second-order valence-electron chi connectivity index (χ2n) is 5.35. The first kappa shape index (κ1) is 13.6. The molecule has 0 saturated carbocycles. The summed E-state index contributed by atoms with van der Waals surface area (Å²) in [6.07, 6.45) is 6.78. The number of benzene rings is 1. The van der Waals surface area contributed by atoms with Crippen molar-refractivity contribution in [2.45, 2.75) is 51.0 Å². The fourth-order valence-electron chi connectivity index (χ4n) is 3.17. The monoisotopic (exact) mass is 247 g/mol. The Bertz CT molecular complexity index is 377. The summed E-state index contributed by atoms with van der Waals surface area (Å²) in [5.41, 5.74) is 2.88. The van der Waals surface area contributed by atoms with E-state index in [2.05, 4.69) is 36.5 Å². The van der Waals surface area contributed by atoms with Crippen molar-refractivity contribution in [1.29, 1.82) is 0 Å². The van der Waals surface area contributed by atoms with Gasteiger partial charge >= 0.3 is 0 Å². The van der Waals surface area contributed by atoms with Crippen LogP contribution in [-0.4, -0.2) is 18.3 Å². The van der Waals surface area contributed by atoms with Crippen LogP contribution >= 0.6 is 0 Å². The van der Waals surface area contributed by atoms with Crippen molar-refractivity contribution in [2.24, 2.45) is 0 Å². The molecule has 100 valence electrons. The van der Waals surface area contributed by atoms with Crippen molar-refractivity contribution in [3.8, 4) is 0 Å². The van der Waals surface area contributed by atoms with E-state index >= 15 is 0 Å². The molecule has 18 heavy (non-hydrogen) atoms. The number of nitrogens with one attached hydrogen (secondary N) is 1. The van der Waals surface area contributed by atoms with Crippen LogP contribution in [0.3, 0.4) is 0 Å². The highest BCUT2D eigenvalue weighted by atomic mass is 16.3. The fraction of sp³-hybridized carbons (Fsp3) is 0.625. The van der Waals surface area contributed by atoms with E-state index in [9.17, 15) is 5.11 Å². The first-order chi connectivity index (χ1) is 8.82. The molecule has 1 unspecified atom stereocenters. The Morgan fingerprint density at radius 1 is 1.28 bits per heavy atom.